The molecule has 0 aliphatic carbocycles. The van der Waals surface area contributed by atoms with Crippen LogP contribution in [0.2, 0.25) is 0 Å². The summed E-state index contributed by atoms with van der Waals surface area (Å²) >= 11 is 0. The van der Waals surface area contributed by atoms with E-state index in [0.717, 1.165) is 23.1 Å². The van der Waals surface area contributed by atoms with Crippen LogP contribution in [0.25, 0.3) is 18.2 Å². The normalized spacial score (nSPS) is 12.2. The number of benzene rings is 3. The lowest BCUT2D eigenvalue weighted by Crippen LogP contribution is -2.27. The van der Waals surface area contributed by atoms with Crippen molar-refractivity contribution in [3.05, 3.63) is 160 Å². The highest BCUT2D eigenvalue weighted by Crippen LogP contribution is 2.22. The molecule has 0 bridgehead atoms. The third-order valence-corrected chi connectivity index (χ3v) is 10.6. The number of hydrogen-bond acceptors (Lipinski definition) is 12. The number of nitriles is 2. The van der Waals surface area contributed by atoms with E-state index in [2.05, 4.69) is 32.0 Å². The van der Waals surface area contributed by atoms with Crippen molar-refractivity contribution >= 4 is 48.1 Å². The van der Waals surface area contributed by atoms with Crippen molar-refractivity contribution in [1.29, 1.82) is 10.5 Å². The Hall–Kier alpha value is -7.57. The summed E-state index contributed by atoms with van der Waals surface area (Å²) in [4.78, 5) is 58.7. The Morgan fingerprint density at radius 2 is 1.04 bits per heavy atom. The van der Waals surface area contributed by atoms with Crippen LogP contribution < -0.4 is 0 Å². The van der Waals surface area contributed by atoms with Gasteiger partial charge in [-0.3, -0.25) is 9.59 Å². The van der Waals surface area contributed by atoms with Crippen LogP contribution in [0.4, 0.5) is 0 Å². The molecule has 0 aliphatic rings. The molecule has 0 aromatic heterocycles. The number of nitrogens with zero attached hydrogens (tertiary/aromatic N) is 2. The minimum atomic E-state index is -0.744. The van der Waals surface area contributed by atoms with Gasteiger partial charge in [0.1, 0.15) is 49.7 Å². The van der Waals surface area contributed by atoms with Crippen molar-refractivity contribution in [2.45, 2.75) is 102 Å². The van der Waals surface area contributed by atoms with E-state index in [1.54, 1.807) is 64.1 Å². The van der Waals surface area contributed by atoms with E-state index in [4.69, 9.17) is 34.2 Å². The molecule has 3 aromatic rings. The molecular formula is C58H70N2O10. The molecule has 1 atom stereocenters. The molecule has 0 heterocycles. The van der Waals surface area contributed by atoms with Crippen LogP contribution in [0.5, 0.6) is 0 Å². The highest BCUT2D eigenvalue weighted by molar-refractivity contribution is 5.94. The second-order valence-electron chi connectivity index (χ2n) is 17.2. The zero-order valence-corrected chi connectivity index (χ0v) is 42.7. The Morgan fingerprint density at radius 3 is 1.50 bits per heavy atom. The molecule has 3 rings (SSSR count). The van der Waals surface area contributed by atoms with Gasteiger partial charge >= 0.3 is 29.8 Å². The highest BCUT2D eigenvalue weighted by Gasteiger charge is 2.28. The zero-order valence-electron chi connectivity index (χ0n) is 42.7. The largest absolute Gasteiger partial charge is 0.462 e. The third kappa shape index (κ3) is 25.0. The Balaban J connectivity index is 0.000000532. The number of carbonyl (C=O) groups is 5. The number of carbonyl (C=O) groups excluding carboxylic acids is 5. The minimum Gasteiger partial charge on any atom is -0.462 e. The summed E-state index contributed by atoms with van der Waals surface area (Å²) in [6, 6.07) is 27.2. The molecule has 0 amide bonds. The first-order valence-corrected chi connectivity index (χ1v) is 23.2. The molecule has 0 N–H and O–H groups in total. The molecule has 70 heavy (non-hydrogen) atoms. The average Bonchev–Trinajstić information content (AvgIpc) is 3.35. The number of ether oxygens (including phenoxy) is 5. The SMILES string of the molecule is CCC(C)(C)C(=O)OCCOC(=O)/C(C#N)=C/C=C/c1ccc(C)cc1.CCC(C)(C)C(=O)OCCOC(=O)/C(C#N)=C/C=C/c1ccccc1.CCC(C)OC(=O)/C=C/C=C/c1cc(C)ccc1C. The minimum absolute atomic E-state index is 0.0276. The number of hydrogen-bond donors (Lipinski definition) is 0. The van der Waals surface area contributed by atoms with E-state index < -0.39 is 22.8 Å². The molecule has 0 fully saturated rings. The smallest absolute Gasteiger partial charge is 0.349 e. The predicted molar refractivity (Wildman–Crippen MR) is 275 cm³/mol. The fraction of sp³-hybridized carbons (Fsp3) is 0.362. The van der Waals surface area contributed by atoms with Crippen LogP contribution >= 0.6 is 0 Å². The van der Waals surface area contributed by atoms with Gasteiger partial charge in [-0.05, 0) is 109 Å². The van der Waals surface area contributed by atoms with Gasteiger partial charge < -0.3 is 23.7 Å². The van der Waals surface area contributed by atoms with E-state index >= 15 is 0 Å². The van der Waals surface area contributed by atoms with E-state index in [-0.39, 0.29) is 61.6 Å². The van der Waals surface area contributed by atoms with Crippen LogP contribution in [-0.4, -0.2) is 62.4 Å². The molecule has 0 radical (unpaired) electrons. The van der Waals surface area contributed by atoms with Gasteiger partial charge in [-0.15, -0.1) is 0 Å². The molecule has 1 unspecified atom stereocenters. The molecule has 3 aromatic carbocycles. The molecule has 0 saturated heterocycles. The van der Waals surface area contributed by atoms with Gasteiger partial charge in [0, 0.05) is 6.08 Å². The summed E-state index contributed by atoms with van der Waals surface area (Å²) in [6.45, 7) is 20.7. The summed E-state index contributed by atoms with van der Waals surface area (Å²) in [5.74, 6) is -2.46. The molecule has 12 nitrogen and oxygen atoms in total. The maximum absolute atomic E-state index is 11.9. The number of allylic oxidation sites excluding steroid dienone is 6. The van der Waals surface area contributed by atoms with Crippen molar-refractivity contribution in [2.24, 2.45) is 10.8 Å². The summed E-state index contributed by atoms with van der Waals surface area (Å²) in [5.41, 5.74) is 5.32. The molecule has 12 heteroatoms. The second-order valence-corrected chi connectivity index (χ2v) is 17.2. The van der Waals surface area contributed by atoms with E-state index in [1.165, 1.54) is 34.9 Å². The maximum Gasteiger partial charge on any atom is 0.349 e. The summed E-state index contributed by atoms with van der Waals surface area (Å²) in [7, 11) is 0. The van der Waals surface area contributed by atoms with E-state index in [9.17, 15) is 24.0 Å². The van der Waals surface area contributed by atoms with Crippen LogP contribution in [0, 0.1) is 54.3 Å². The van der Waals surface area contributed by atoms with Crippen LogP contribution in [-0.2, 0) is 47.7 Å². The van der Waals surface area contributed by atoms with Crippen molar-refractivity contribution < 1.29 is 47.7 Å². The maximum atomic E-state index is 11.9. The topological polar surface area (TPSA) is 179 Å². The predicted octanol–water partition coefficient (Wildman–Crippen LogP) is 11.9. The number of esters is 5. The van der Waals surface area contributed by atoms with Gasteiger partial charge in [0.25, 0.3) is 0 Å². The molecule has 0 spiro atoms. The first-order valence-electron chi connectivity index (χ1n) is 23.2. The van der Waals surface area contributed by atoms with Gasteiger partial charge in [-0.1, -0.05) is 147 Å². The lowest BCUT2D eigenvalue weighted by atomic mass is 9.91. The third-order valence-electron chi connectivity index (χ3n) is 10.6. The average molecular weight is 955 g/mol. The molecule has 372 valence electrons. The van der Waals surface area contributed by atoms with Gasteiger partial charge in [-0.25, -0.2) is 14.4 Å². The Bertz CT molecular complexity index is 2420. The second kappa shape index (κ2) is 33.0. The van der Waals surface area contributed by atoms with E-state index in [1.807, 2.05) is 107 Å². The van der Waals surface area contributed by atoms with Crippen LogP contribution in [0.3, 0.4) is 0 Å². The Kier molecular flexibility index (Phi) is 28.5. The Labute approximate surface area is 415 Å². The number of aryl methyl sites for hydroxylation is 3. The quantitative estimate of drug-likeness (QED) is 0.0247. The van der Waals surface area contributed by atoms with Crippen LogP contribution in [0.1, 0.15) is 108 Å². The summed E-state index contributed by atoms with van der Waals surface area (Å²) in [5, 5.41) is 18.1. The van der Waals surface area contributed by atoms with Crippen molar-refractivity contribution in [2.75, 3.05) is 26.4 Å². The first-order chi connectivity index (χ1) is 33.2. The lowest BCUT2D eigenvalue weighted by Gasteiger charge is -2.20. The first kappa shape index (κ1) is 60.4. The highest BCUT2D eigenvalue weighted by atomic mass is 16.6. The van der Waals surface area contributed by atoms with Crippen molar-refractivity contribution in [3.63, 3.8) is 0 Å². The summed E-state index contributed by atoms with van der Waals surface area (Å²) < 4.78 is 25.2. The van der Waals surface area contributed by atoms with E-state index in [0.29, 0.717) is 12.8 Å². The van der Waals surface area contributed by atoms with Crippen molar-refractivity contribution in [1.82, 2.24) is 0 Å². The fourth-order valence-electron chi connectivity index (χ4n) is 4.98. The van der Waals surface area contributed by atoms with Gasteiger partial charge in [0.2, 0.25) is 0 Å². The molecular weight excluding hydrogens is 885 g/mol. The number of rotatable bonds is 21. The van der Waals surface area contributed by atoms with Crippen LogP contribution in [0.15, 0.2) is 126 Å². The standard InChI is InChI=1S/C21H25NO4.C20H23NO4.C17H22O2/c1-5-21(3,4)20(24)26-14-13-25-19(23)18(15-22)8-6-7-17-11-9-16(2)10-12-17;1-4-20(2,3)19(23)25-14-13-24-18(22)17(15-21)12-8-11-16-9-6-5-7-10-16;1-5-15(4)19-17(18)9-7-6-8-16-12-13(2)10-11-14(16)3/h6-12H,5,13-14H2,1-4H3;5-12H,4,13-14H2,1-3H3;6-12,15H,5H2,1-4H3/b7-6+,18-8+;11-8+,17-12+;8-6+,9-7+. The summed E-state index contributed by atoms with van der Waals surface area (Å²) in [6.07, 6.45) is 18.7. The molecule has 0 saturated carbocycles. The monoisotopic (exact) mass is 955 g/mol. The zero-order chi connectivity index (χ0) is 52.5. The van der Waals surface area contributed by atoms with Gasteiger partial charge in [0.15, 0.2) is 0 Å². The van der Waals surface area contributed by atoms with Gasteiger partial charge in [-0.2, -0.15) is 10.5 Å². The fourth-order valence-corrected chi connectivity index (χ4v) is 4.98. The van der Waals surface area contributed by atoms with Crippen molar-refractivity contribution in [3.8, 4) is 12.1 Å². The lowest BCUT2D eigenvalue weighted by molar-refractivity contribution is -0.158. The molecule has 0 aliphatic heterocycles. The Morgan fingerprint density at radius 1 is 0.586 bits per heavy atom. The van der Waals surface area contributed by atoms with Gasteiger partial charge in [0.05, 0.1) is 16.9 Å².